The van der Waals surface area contributed by atoms with Crippen molar-refractivity contribution in [2.24, 2.45) is 5.92 Å². The summed E-state index contributed by atoms with van der Waals surface area (Å²) in [5.74, 6) is -2.46. The van der Waals surface area contributed by atoms with Gasteiger partial charge in [0.1, 0.15) is 12.6 Å². The van der Waals surface area contributed by atoms with Gasteiger partial charge in [-0.3, -0.25) is 9.36 Å². The smallest absolute Gasteiger partial charge is 0.408 e. The minimum atomic E-state index is -4.02. The number of unbranched alkanes of at least 4 members (excludes halogenated alkanes) is 2. The fourth-order valence-electron chi connectivity index (χ4n) is 3.88. The number of hydrogen-bond acceptors (Lipinski definition) is 7. The Labute approximate surface area is 238 Å². The second-order valence-electron chi connectivity index (χ2n) is 10.1. The zero-order valence-electron chi connectivity index (χ0n) is 24.1. The van der Waals surface area contributed by atoms with Crippen LogP contribution in [0.4, 0.5) is 4.79 Å². The summed E-state index contributed by atoms with van der Waals surface area (Å²) < 4.78 is 30.5. The van der Waals surface area contributed by atoms with E-state index in [4.69, 9.17) is 13.8 Å². The van der Waals surface area contributed by atoms with E-state index in [1.54, 1.807) is 13.8 Å². The summed E-state index contributed by atoms with van der Waals surface area (Å²) in [5.41, 5.74) is 1.63. The third-order valence-electron chi connectivity index (χ3n) is 6.28. The van der Waals surface area contributed by atoms with E-state index < -0.39 is 37.5 Å². The van der Waals surface area contributed by atoms with Gasteiger partial charge in [0.05, 0.1) is 19.3 Å². The number of nitrogens with one attached hydrogen (secondary N) is 2. The van der Waals surface area contributed by atoms with Crippen LogP contribution in [0.2, 0.25) is 0 Å². The number of aliphatic hydroxyl groups is 1. The highest BCUT2D eigenvalue weighted by Crippen LogP contribution is 2.53. The predicted molar refractivity (Wildman–Crippen MR) is 156 cm³/mol. The van der Waals surface area contributed by atoms with Crippen LogP contribution >= 0.6 is 7.60 Å². The Bertz CT molecular complexity index is 1040. The zero-order chi connectivity index (χ0) is 29.4. The Morgan fingerprint density at radius 2 is 1.38 bits per heavy atom. The summed E-state index contributed by atoms with van der Waals surface area (Å²) in [4.78, 5) is 26.0. The van der Waals surface area contributed by atoms with Crippen molar-refractivity contribution in [3.8, 4) is 0 Å². The van der Waals surface area contributed by atoms with Crippen LogP contribution < -0.4 is 10.6 Å². The average Bonchev–Trinajstić information content (AvgIpc) is 2.95. The van der Waals surface area contributed by atoms with Crippen LogP contribution in [0.3, 0.4) is 0 Å². The first kappa shape index (κ1) is 33.5. The molecule has 0 saturated heterocycles. The molecule has 3 N–H and O–H groups in total. The molecule has 2 aromatic carbocycles. The lowest BCUT2D eigenvalue weighted by Crippen LogP contribution is -2.55. The van der Waals surface area contributed by atoms with Crippen molar-refractivity contribution in [3.63, 3.8) is 0 Å². The van der Waals surface area contributed by atoms with E-state index in [1.807, 2.05) is 74.5 Å². The zero-order valence-corrected chi connectivity index (χ0v) is 25.0. The summed E-state index contributed by atoms with van der Waals surface area (Å²) in [5, 5.41) is 16.9. The number of hydrogen-bond donors (Lipinski definition) is 3. The number of aliphatic hydroxyl groups excluding tert-OH is 1. The van der Waals surface area contributed by atoms with Crippen molar-refractivity contribution >= 4 is 19.6 Å². The van der Waals surface area contributed by atoms with Crippen molar-refractivity contribution < 1.29 is 33.0 Å². The van der Waals surface area contributed by atoms with Crippen LogP contribution in [0.15, 0.2) is 60.7 Å². The van der Waals surface area contributed by atoms with Gasteiger partial charge >= 0.3 is 13.7 Å². The molecule has 0 bridgehead atoms. The Morgan fingerprint density at radius 3 is 1.88 bits per heavy atom. The van der Waals surface area contributed by atoms with Gasteiger partial charge in [-0.15, -0.1) is 0 Å². The largest absolute Gasteiger partial charge is 0.445 e. The molecule has 0 fully saturated rings. The summed E-state index contributed by atoms with van der Waals surface area (Å²) in [7, 11) is -4.02. The van der Waals surface area contributed by atoms with Crippen LogP contribution in [0.25, 0.3) is 0 Å². The molecule has 9 nitrogen and oxygen atoms in total. The van der Waals surface area contributed by atoms with E-state index in [-0.39, 0.29) is 32.2 Å². The van der Waals surface area contributed by atoms with Crippen LogP contribution in [0.1, 0.15) is 64.5 Å². The summed E-state index contributed by atoms with van der Waals surface area (Å²) in [6.45, 7) is 7.91. The number of amides is 2. The topological polar surface area (TPSA) is 123 Å². The SMILES string of the molecule is CCCCOP(=O)(OCCCC)C(O)[C@H](Cc1ccccc1)NC(=O)[C@@H](NC(=O)OCc1ccccc1)C(C)C. The molecule has 2 amide bonds. The van der Waals surface area contributed by atoms with Gasteiger partial charge in [0.25, 0.3) is 0 Å². The molecule has 2 aromatic rings. The molecule has 0 radical (unpaired) electrons. The van der Waals surface area contributed by atoms with E-state index >= 15 is 0 Å². The van der Waals surface area contributed by atoms with Crippen molar-refractivity contribution in [1.82, 2.24) is 10.6 Å². The Kier molecular flexibility index (Phi) is 15.0. The van der Waals surface area contributed by atoms with Crippen molar-refractivity contribution in [3.05, 3.63) is 71.8 Å². The Balaban J connectivity index is 2.22. The first-order valence-corrected chi connectivity index (χ1v) is 15.7. The molecule has 0 saturated carbocycles. The molecule has 0 aromatic heterocycles. The van der Waals surface area contributed by atoms with Gasteiger partial charge in [-0.2, -0.15) is 0 Å². The molecular weight excluding hydrogens is 531 g/mol. The van der Waals surface area contributed by atoms with Crippen LogP contribution in [0.5, 0.6) is 0 Å². The second-order valence-corrected chi connectivity index (χ2v) is 12.2. The third kappa shape index (κ3) is 11.4. The maximum absolute atomic E-state index is 13.8. The van der Waals surface area contributed by atoms with E-state index in [2.05, 4.69) is 10.6 Å². The van der Waals surface area contributed by atoms with Crippen molar-refractivity contribution in [1.29, 1.82) is 0 Å². The highest BCUT2D eigenvalue weighted by atomic mass is 31.2. The van der Waals surface area contributed by atoms with E-state index in [9.17, 15) is 19.3 Å². The third-order valence-corrected chi connectivity index (χ3v) is 8.38. The molecule has 40 heavy (non-hydrogen) atoms. The van der Waals surface area contributed by atoms with E-state index in [0.717, 1.165) is 24.0 Å². The number of ether oxygens (including phenoxy) is 1. The van der Waals surface area contributed by atoms with Crippen LogP contribution in [0, 0.1) is 5.92 Å². The standard InChI is InChI=1S/C30H45N2O7P/c1-5-7-19-38-40(36,39-20-8-6-2)29(34)26(21-24-15-11-9-12-16-24)31-28(33)27(23(3)4)32-30(35)37-22-25-17-13-10-14-18-25/h9-18,23,26-27,29,34H,5-8,19-22H2,1-4H3,(H,31,33)(H,32,35)/t26-,27-,29?/m0/s1. The average molecular weight is 577 g/mol. The number of alkyl carbamates (subject to hydrolysis) is 1. The lowest BCUT2D eigenvalue weighted by molar-refractivity contribution is -0.125. The Morgan fingerprint density at radius 1 is 0.850 bits per heavy atom. The lowest BCUT2D eigenvalue weighted by atomic mass is 10.0. The predicted octanol–water partition coefficient (Wildman–Crippen LogP) is 5.81. The van der Waals surface area contributed by atoms with E-state index in [0.29, 0.717) is 12.8 Å². The molecule has 0 spiro atoms. The molecule has 2 rings (SSSR count). The number of carbonyl (C=O) groups excluding carboxylic acids is 2. The maximum atomic E-state index is 13.8. The van der Waals surface area contributed by atoms with Crippen LogP contribution in [-0.4, -0.2) is 48.2 Å². The molecular formula is C30H45N2O7P. The van der Waals surface area contributed by atoms with E-state index in [1.165, 1.54) is 0 Å². The minimum Gasteiger partial charge on any atom is -0.445 e. The normalized spacial score (nSPS) is 13.8. The summed E-state index contributed by atoms with van der Waals surface area (Å²) in [6, 6.07) is 16.5. The van der Waals surface area contributed by atoms with Gasteiger partial charge in [-0.25, -0.2) is 4.79 Å². The van der Waals surface area contributed by atoms with Gasteiger partial charge < -0.3 is 29.5 Å². The fourth-order valence-corrected chi connectivity index (χ4v) is 5.65. The molecule has 0 heterocycles. The number of rotatable bonds is 18. The van der Waals surface area contributed by atoms with Gasteiger partial charge in [-0.1, -0.05) is 101 Å². The number of benzene rings is 2. The highest BCUT2D eigenvalue weighted by molar-refractivity contribution is 7.54. The lowest BCUT2D eigenvalue weighted by Gasteiger charge is -2.32. The molecule has 0 aliphatic carbocycles. The quantitative estimate of drug-likeness (QED) is 0.151. The molecule has 10 heteroatoms. The molecule has 0 aliphatic heterocycles. The second kappa shape index (κ2) is 17.9. The Hall–Kier alpha value is -2.71. The van der Waals surface area contributed by atoms with Gasteiger partial charge in [0.2, 0.25) is 5.91 Å². The van der Waals surface area contributed by atoms with Crippen molar-refractivity contribution in [2.75, 3.05) is 13.2 Å². The molecule has 222 valence electrons. The molecule has 1 unspecified atom stereocenters. The van der Waals surface area contributed by atoms with Crippen LogP contribution in [-0.2, 0) is 36.2 Å². The fraction of sp³-hybridized carbons (Fsp3) is 0.533. The number of carbonyl (C=O) groups is 2. The first-order valence-electron chi connectivity index (χ1n) is 14.1. The molecule has 3 atom stereocenters. The van der Waals surface area contributed by atoms with Gasteiger partial charge in [-0.05, 0) is 36.3 Å². The first-order chi connectivity index (χ1) is 19.2. The highest BCUT2D eigenvalue weighted by Gasteiger charge is 2.42. The molecule has 0 aliphatic rings. The summed E-state index contributed by atoms with van der Waals surface area (Å²) >= 11 is 0. The summed E-state index contributed by atoms with van der Waals surface area (Å²) in [6.07, 6.45) is 2.36. The maximum Gasteiger partial charge on any atom is 0.408 e. The van der Waals surface area contributed by atoms with Crippen molar-refractivity contribution in [2.45, 2.75) is 84.3 Å². The van der Waals surface area contributed by atoms with Gasteiger partial charge in [0, 0.05) is 0 Å². The minimum absolute atomic E-state index is 0.0574. The monoisotopic (exact) mass is 576 g/mol. The van der Waals surface area contributed by atoms with Gasteiger partial charge in [0.15, 0.2) is 5.85 Å².